The zero-order valence-corrected chi connectivity index (χ0v) is 18.9. The molecule has 0 radical (unpaired) electrons. The number of amides is 2. The second kappa shape index (κ2) is 8.60. The summed E-state index contributed by atoms with van der Waals surface area (Å²) >= 11 is 0. The average Bonchev–Trinajstić information content (AvgIpc) is 3.38. The van der Waals surface area contributed by atoms with Crippen molar-refractivity contribution in [2.45, 2.75) is 13.1 Å². The van der Waals surface area contributed by atoms with Gasteiger partial charge in [-0.3, -0.25) is 0 Å². The predicted molar refractivity (Wildman–Crippen MR) is 140 cm³/mol. The summed E-state index contributed by atoms with van der Waals surface area (Å²) in [5.41, 5.74) is 4.77. The van der Waals surface area contributed by atoms with E-state index in [1.54, 1.807) is 0 Å². The molecule has 168 valence electrons. The van der Waals surface area contributed by atoms with Gasteiger partial charge in [0.05, 0.1) is 0 Å². The highest BCUT2D eigenvalue weighted by molar-refractivity contribution is 6.08. The van der Waals surface area contributed by atoms with E-state index in [0.717, 1.165) is 0 Å². The van der Waals surface area contributed by atoms with Gasteiger partial charge in [-0.05, 0) is 24.3 Å². The number of hydrogen-bond donors (Lipinski definition) is 2. The number of nitrogens with one attached hydrogen (secondary N) is 2. The molecule has 6 aromatic rings. The Labute approximate surface area is 197 Å². The molecule has 0 aliphatic heterocycles. The first-order valence-corrected chi connectivity index (χ1v) is 11.7. The number of nitrogens with zero attached hydrogens (tertiary/aromatic N) is 2. The third-order valence-electron chi connectivity index (χ3n) is 6.60. The largest absolute Gasteiger partial charge is 0.339 e. The van der Waals surface area contributed by atoms with Crippen molar-refractivity contribution >= 4 is 49.6 Å². The third-order valence-corrected chi connectivity index (χ3v) is 6.60. The minimum absolute atomic E-state index is 0.137. The summed E-state index contributed by atoms with van der Waals surface area (Å²) in [5, 5.41) is 11.0. The smallest absolute Gasteiger partial charge is 0.314 e. The number of rotatable bonds is 6. The number of carbonyl (C=O) groups excluding carboxylic acids is 1. The number of para-hydroxylation sites is 4. The van der Waals surface area contributed by atoms with E-state index in [0.29, 0.717) is 26.2 Å². The van der Waals surface area contributed by atoms with Gasteiger partial charge in [0, 0.05) is 69.8 Å². The van der Waals surface area contributed by atoms with Gasteiger partial charge in [0.2, 0.25) is 0 Å². The van der Waals surface area contributed by atoms with Crippen LogP contribution >= 0.6 is 0 Å². The summed E-state index contributed by atoms with van der Waals surface area (Å²) in [6.45, 7) is 2.55. The number of hydrogen-bond acceptors (Lipinski definition) is 1. The number of urea groups is 1. The van der Waals surface area contributed by atoms with Crippen LogP contribution in [0.25, 0.3) is 43.6 Å². The first kappa shape index (κ1) is 20.4. The molecule has 0 saturated heterocycles. The first-order chi connectivity index (χ1) is 16.8. The maximum absolute atomic E-state index is 12.5. The molecule has 0 spiro atoms. The highest BCUT2D eigenvalue weighted by Gasteiger charge is 2.11. The van der Waals surface area contributed by atoms with Gasteiger partial charge < -0.3 is 19.8 Å². The lowest BCUT2D eigenvalue weighted by atomic mass is 10.2. The average molecular weight is 447 g/mol. The summed E-state index contributed by atoms with van der Waals surface area (Å²) in [4.78, 5) is 12.5. The zero-order chi connectivity index (χ0) is 22.9. The van der Waals surface area contributed by atoms with Crippen molar-refractivity contribution < 1.29 is 4.79 Å². The number of fused-ring (bicyclic) bond motifs is 6. The Morgan fingerprint density at radius 3 is 1.12 bits per heavy atom. The molecule has 4 aromatic carbocycles. The molecule has 2 aromatic heterocycles. The van der Waals surface area contributed by atoms with Crippen LogP contribution in [0.4, 0.5) is 4.79 Å². The van der Waals surface area contributed by atoms with Crippen molar-refractivity contribution in [1.82, 2.24) is 19.8 Å². The van der Waals surface area contributed by atoms with Crippen molar-refractivity contribution in [3.63, 3.8) is 0 Å². The van der Waals surface area contributed by atoms with Crippen LogP contribution in [0.5, 0.6) is 0 Å². The number of carbonyl (C=O) groups is 1. The van der Waals surface area contributed by atoms with Crippen molar-refractivity contribution in [2.75, 3.05) is 13.1 Å². The first-order valence-electron chi connectivity index (χ1n) is 11.7. The Kier molecular flexibility index (Phi) is 5.15. The van der Waals surface area contributed by atoms with Gasteiger partial charge in [-0.25, -0.2) is 4.79 Å². The fourth-order valence-corrected chi connectivity index (χ4v) is 5.11. The fourth-order valence-electron chi connectivity index (χ4n) is 5.11. The molecule has 0 fully saturated rings. The van der Waals surface area contributed by atoms with Crippen LogP contribution in [0, 0.1) is 0 Å². The van der Waals surface area contributed by atoms with E-state index in [2.05, 4.69) is 117 Å². The predicted octanol–water partition coefficient (Wildman–Crippen LogP) is 5.90. The van der Waals surface area contributed by atoms with E-state index in [1.807, 2.05) is 0 Å². The lowest BCUT2D eigenvalue weighted by Crippen LogP contribution is -2.38. The molecule has 0 atom stereocenters. The van der Waals surface area contributed by atoms with Gasteiger partial charge in [-0.1, -0.05) is 72.8 Å². The normalized spacial score (nSPS) is 11.5. The van der Waals surface area contributed by atoms with E-state index in [-0.39, 0.29) is 6.03 Å². The quantitative estimate of drug-likeness (QED) is 0.329. The highest BCUT2D eigenvalue weighted by atomic mass is 16.2. The molecule has 0 aliphatic rings. The summed E-state index contributed by atoms with van der Waals surface area (Å²) in [6.07, 6.45) is 0. The molecule has 6 rings (SSSR count). The standard InChI is InChI=1S/C29H26N4O/c34-29(30-17-19-32-25-13-5-1-9-21(25)22-10-2-6-14-26(22)32)31-18-20-33-27-15-7-3-11-23(27)24-12-4-8-16-28(24)33/h1-16H,17-20H2,(H2,30,31,34). The minimum atomic E-state index is -0.137. The van der Waals surface area contributed by atoms with E-state index in [4.69, 9.17) is 0 Å². The van der Waals surface area contributed by atoms with Crippen LogP contribution in [-0.2, 0) is 13.1 Å². The fraction of sp³-hybridized carbons (Fsp3) is 0.138. The molecule has 2 heterocycles. The molecule has 2 N–H and O–H groups in total. The molecule has 5 nitrogen and oxygen atoms in total. The molecule has 0 unspecified atom stereocenters. The zero-order valence-electron chi connectivity index (χ0n) is 18.9. The van der Waals surface area contributed by atoms with Crippen molar-refractivity contribution in [1.29, 1.82) is 0 Å². The highest BCUT2D eigenvalue weighted by Crippen LogP contribution is 2.29. The molecule has 0 saturated carbocycles. The van der Waals surface area contributed by atoms with Crippen LogP contribution in [0.2, 0.25) is 0 Å². The Bertz CT molecular complexity index is 1410. The SMILES string of the molecule is O=C(NCCn1c2ccccc2c2ccccc21)NCCn1c2ccccc2c2ccccc21. The van der Waals surface area contributed by atoms with Crippen LogP contribution in [0.15, 0.2) is 97.1 Å². The lowest BCUT2D eigenvalue weighted by Gasteiger charge is -2.11. The van der Waals surface area contributed by atoms with E-state index < -0.39 is 0 Å². The summed E-state index contributed by atoms with van der Waals surface area (Å²) < 4.78 is 4.56. The lowest BCUT2D eigenvalue weighted by molar-refractivity contribution is 0.240. The molecular formula is C29H26N4O. The molecule has 0 bridgehead atoms. The van der Waals surface area contributed by atoms with Crippen LogP contribution in [0.3, 0.4) is 0 Å². The molecule has 34 heavy (non-hydrogen) atoms. The summed E-state index contributed by atoms with van der Waals surface area (Å²) in [6, 6.07) is 33.6. The van der Waals surface area contributed by atoms with Crippen LogP contribution in [0.1, 0.15) is 0 Å². The monoisotopic (exact) mass is 446 g/mol. The third kappa shape index (κ3) is 3.46. The van der Waals surface area contributed by atoms with Crippen LogP contribution in [-0.4, -0.2) is 28.3 Å². The minimum Gasteiger partial charge on any atom is -0.339 e. The van der Waals surface area contributed by atoms with Crippen LogP contribution < -0.4 is 10.6 Å². The van der Waals surface area contributed by atoms with Gasteiger partial charge in [0.1, 0.15) is 0 Å². The second-order valence-electron chi connectivity index (χ2n) is 8.55. The molecule has 2 amide bonds. The second-order valence-corrected chi connectivity index (χ2v) is 8.55. The van der Waals surface area contributed by atoms with Gasteiger partial charge in [0.25, 0.3) is 0 Å². The van der Waals surface area contributed by atoms with Crippen molar-refractivity contribution in [2.24, 2.45) is 0 Å². The summed E-state index contributed by atoms with van der Waals surface area (Å²) in [7, 11) is 0. The maximum Gasteiger partial charge on any atom is 0.314 e. The van der Waals surface area contributed by atoms with E-state index >= 15 is 0 Å². The Morgan fingerprint density at radius 1 is 0.500 bits per heavy atom. The number of aromatic nitrogens is 2. The number of benzene rings is 4. The van der Waals surface area contributed by atoms with E-state index in [1.165, 1.54) is 43.6 Å². The molecule has 0 aliphatic carbocycles. The maximum atomic E-state index is 12.5. The Hall–Kier alpha value is -4.25. The van der Waals surface area contributed by atoms with Crippen molar-refractivity contribution in [3.8, 4) is 0 Å². The topological polar surface area (TPSA) is 51.0 Å². The summed E-state index contributed by atoms with van der Waals surface area (Å²) in [5.74, 6) is 0. The molecule has 5 heteroatoms. The van der Waals surface area contributed by atoms with E-state index in [9.17, 15) is 4.79 Å². The van der Waals surface area contributed by atoms with Gasteiger partial charge in [0.15, 0.2) is 0 Å². The van der Waals surface area contributed by atoms with Gasteiger partial charge in [-0.15, -0.1) is 0 Å². The Morgan fingerprint density at radius 2 is 0.794 bits per heavy atom. The van der Waals surface area contributed by atoms with Gasteiger partial charge >= 0.3 is 6.03 Å². The van der Waals surface area contributed by atoms with Crippen molar-refractivity contribution in [3.05, 3.63) is 97.1 Å². The Balaban J connectivity index is 1.11. The molecular weight excluding hydrogens is 420 g/mol. The van der Waals surface area contributed by atoms with Gasteiger partial charge in [-0.2, -0.15) is 0 Å².